The van der Waals surface area contributed by atoms with Gasteiger partial charge in [0.2, 0.25) is 0 Å². The summed E-state index contributed by atoms with van der Waals surface area (Å²) in [6.07, 6.45) is 3.17. The van der Waals surface area contributed by atoms with Crippen molar-refractivity contribution in [2.75, 3.05) is 59.5 Å². The standard InChI is InChI=1S/C23H32N4O2/c1-25-9-11-26(12-10-25)15-18-14-23(29-16-18)7-4-8-27(17-23)22(28)21-13-19-5-2-3-6-20(19)24-21/h2-3,5-6,13,18,24H,4,7-12,14-17H2,1H3. The number of rotatable bonds is 3. The first kappa shape index (κ1) is 19.1. The van der Waals surface area contributed by atoms with E-state index in [1.54, 1.807) is 0 Å². The Hall–Kier alpha value is -1.89. The van der Waals surface area contributed by atoms with Crippen LogP contribution in [0.1, 0.15) is 29.8 Å². The molecule has 3 saturated heterocycles. The summed E-state index contributed by atoms with van der Waals surface area (Å²) >= 11 is 0. The Morgan fingerprint density at radius 2 is 2.03 bits per heavy atom. The minimum Gasteiger partial charge on any atom is -0.373 e. The molecule has 1 N–H and O–H groups in total. The lowest BCUT2D eigenvalue weighted by Crippen LogP contribution is -2.50. The predicted molar refractivity (Wildman–Crippen MR) is 114 cm³/mol. The molecule has 29 heavy (non-hydrogen) atoms. The molecule has 0 saturated carbocycles. The summed E-state index contributed by atoms with van der Waals surface area (Å²) < 4.78 is 6.39. The van der Waals surface area contributed by atoms with Crippen LogP contribution >= 0.6 is 0 Å². The summed E-state index contributed by atoms with van der Waals surface area (Å²) in [5.74, 6) is 0.688. The van der Waals surface area contributed by atoms with Crippen LogP contribution in [0.3, 0.4) is 0 Å². The Kier molecular flexibility index (Phi) is 5.10. The molecule has 5 rings (SSSR count). The molecule has 1 spiro atoms. The molecular formula is C23H32N4O2. The second kappa shape index (κ2) is 7.74. The van der Waals surface area contributed by atoms with Crippen LogP contribution < -0.4 is 0 Å². The van der Waals surface area contributed by atoms with Crippen molar-refractivity contribution < 1.29 is 9.53 Å². The number of nitrogens with zero attached hydrogens (tertiary/aromatic N) is 3. The van der Waals surface area contributed by atoms with Crippen LogP contribution in [0.2, 0.25) is 0 Å². The Labute approximate surface area is 172 Å². The fraction of sp³-hybridized carbons (Fsp3) is 0.609. The van der Waals surface area contributed by atoms with Crippen molar-refractivity contribution in [2.45, 2.75) is 24.9 Å². The van der Waals surface area contributed by atoms with Crippen molar-refractivity contribution in [1.29, 1.82) is 0 Å². The molecule has 2 unspecified atom stereocenters. The molecule has 2 aromatic rings. The highest BCUT2D eigenvalue weighted by Gasteiger charge is 2.45. The van der Waals surface area contributed by atoms with Crippen LogP contribution in [-0.4, -0.2) is 90.7 Å². The van der Waals surface area contributed by atoms with Gasteiger partial charge in [0.05, 0.1) is 18.8 Å². The number of fused-ring (bicyclic) bond motifs is 1. The topological polar surface area (TPSA) is 51.8 Å². The maximum atomic E-state index is 13.2. The molecule has 1 aromatic heterocycles. The number of ether oxygens (including phenoxy) is 1. The van der Waals surface area contributed by atoms with Crippen LogP contribution in [0.15, 0.2) is 30.3 Å². The van der Waals surface area contributed by atoms with Gasteiger partial charge in [-0.05, 0) is 44.4 Å². The Morgan fingerprint density at radius 3 is 2.86 bits per heavy atom. The number of carbonyl (C=O) groups is 1. The first-order valence-electron chi connectivity index (χ1n) is 11.0. The number of benzene rings is 1. The number of nitrogens with one attached hydrogen (secondary N) is 1. The third kappa shape index (κ3) is 3.93. The number of hydrogen-bond donors (Lipinski definition) is 1. The van der Waals surface area contributed by atoms with Gasteiger partial charge in [-0.1, -0.05) is 18.2 Å². The fourth-order valence-electron chi connectivity index (χ4n) is 5.37. The van der Waals surface area contributed by atoms with E-state index in [9.17, 15) is 4.79 Å². The van der Waals surface area contributed by atoms with Gasteiger partial charge in [-0.2, -0.15) is 0 Å². The largest absolute Gasteiger partial charge is 0.373 e. The molecule has 4 heterocycles. The second-order valence-corrected chi connectivity index (χ2v) is 9.27. The van der Waals surface area contributed by atoms with Gasteiger partial charge in [-0.15, -0.1) is 0 Å². The molecule has 2 atom stereocenters. The van der Waals surface area contributed by atoms with Crippen molar-refractivity contribution in [3.05, 3.63) is 36.0 Å². The number of piperidine rings is 1. The molecule has 3 aliphatic rings. The monoisotopic (exact) mass is 396 g/mol. The highest BCUT2D eigenvalue weighted by Crippen LogP contribution is 2.38. The first-order chi connectivity index (χ1) is 14.1. The van der Waals surface area contributed by atoms with E-state index in [1.165, 1.54) is 0 Å². The van der Waals surface area contributed by atoms with Crippen LogP contribution in [0.5, 0.6) is 0 Å². The van der Waals surface area contributed by atoms with Crippen molar-refractivity contribution >= 4 is 16.8 Å². The van der Waals surface area contributed by atoms with Gasteiger partial charge in [0.25, 0.3) is 5.91 Å². The average Bonchev–Trinajstić information content (AvgIpc) is 3.33. The summed E-state index contributed by atoms with van der Waals surface area (Å²) in [4.78, 5) is 23.5. The third-order valence-electron chi connectivity index (χ3n) is 6.99. The summed E-state index contributed by atoms with van der Waals surface area (Å²) in [7, 11) is 2.20. The second-order valence-electron chi connectivity index (χ2n) is 9.27. The summed E-state index contributed by atoms with van der Waals surface area (Å²) in [6.45, 7) is 8.14. The number of aromatic amines is 1. The maximum absolute atomic E-state index is 13.2. The highest BCUT2D eigenvalue weighted by atomic mass is 16.5. The zero-order valence-corrected chi connectivity index (χ0v) is 17.4. The lowest BCUT2D eigenvalue weighted by atomic mass is 9.86. The van der Waals surface area contributed by atoms with Crippen molar-refractivity contribution in [2.24, 2.45) is 5.92 Å². The number of likely N-dealkylation sites (N-methyl/N-ethyl adjacent to an activating group) is 1. The van der Waals surface area contributed by atoms with Crippen LogP contribution in [-0.2, 0) is 4.74 Å². The van der Waals surface area contributed by atoms with Crippen molar-refractivity contribution in [3.8, 4) is 0 Å². The predicted octanol–water partition coefficient (Wildman–Crippen LogP) is 2.43. The van der Waals surface area contributed by atoms with E-state index in [4.69, 9.17) is 4.74 Å². The van der Waals surface area contributed by atoms with E-state index in [0.29, 0.717) is 11.6 Å². The lowest BCUT2D eigenvalue weighted by molar-refractivity contribution is -0.0451. The van der Waals surface area contributed by atoms with Crippen molar-refractivity contribution in [1.82, 2.24) is 19.7 Å². The van der Waals surface area contributed by atoms with Gasteiger partial charge >= 0.3 is 0 Å². The number of hydrogen-bond acceptors (Lipinski definition) is 4. The zero-order chi connectivity index (χ0) is 19.8. The third-order valence-corrected chi connectivity index (χ3v) is 6.99. The quantitative estimate of drug-likeness (QED) is 0.866. The molecule has 0 aliphatic carbocycles. The molecule has 1 amide bonds. The number of para-hydroxylation sites is 1. The van der Waals surface area contributed by atoms with Gasteiger partial charge in [0.1, 0.15) is 5.69 Å². The summed E-state index contributed by atoms with van der Waals surface area (Å²) in [5, 5.41) is 1.09. The highest BCUT2D eigenvalue weighted by molar-refractivity contribution is 5.98. The van der Waals surface area contributed by atoms with Gasteiger partial charge in [-0.3, -0.25) is 4.79 Å². The maximum Gasteiger partial charge on any atom is 0.270 e. The normalized spacial score (nSPS) is 29.1. The summed E-state index contributed by atoms with van der Waals surface area (Å²) in [5.41, 5.74) is 1.57. The number of likely N-dealkylation sites (tertiary alicyclic amines) is 1. The number of piperazine rings is 1. The van der Waals surface area contributed by atoms with Crippen LogP contribution in [0, 0.1) is 5.92 Å². The van der Waals surface area contributed by atoms with E-state index in [1.807, 2.05) is 35.2 Å². The van der Waals surface area contributed by atoms with Gasteiger partial charge in [-0.25, -0.2) is 0 Å². The fourth-order valence-corrected chi connectivity index (χ4v) is 5.37. The molecular weight excluding hydrogens is 364 g/mol. The van der Waals surface area contributed by atoms with E-state index >= 15 is 0 Å². The first-order valence-corrected chi connectivity index (χ1v) is 11.0. The van der Waals surface area contributed by atoms with Crippen molar-refractivity contribution in [3.63, 3.8) is 0 Å². The zero-order valence-electron chi connectivity index (χ0n) is 17.4. The number of aromatic nitrogens is 1. The van der Waals surface area contributed by atoms with E-state index in [-0.39, 0.29) is 11.5 Å². The van der Waals surface area contributed by atoms with Gasteiger partial charge in [0.15, 0.2) is 0 Å². The number of carbonyl (C=O) groups excluding carboxylic acids is 1. The number of amides is 1. The minimum atomic E-state index is -0.142. The number of H-pyrrole nitrogens is 1. The van der Waals surface area contributed by atoms with E-state index < -0.39 is 0 Å². The van der Waals surface area contributed by atoms with Gasteiger partial charge in [0, 0.05) is 50.2 Å². The van der Waals surface area contributed by atoms with E-state index in [0.717, 1.165) is 82.6 Å². The van der Waals surface area contributed by atoms with Gasteiger partial charge < -0.3 is 24.4 Å². The molecule has 1 aromatic carbocycles. The molecule has 156 valence electrons. The smallest absolute Gasteiger partial charge is 0.270 e. The van der Waals surface area contributed by atoms with Crippen LogP contribution in [0.25, 0.3) is 10.9 Å². The van der Waals surface area contributed by atoms with E-state index in [2.05, 4.69) is 21.8 Å². The molecule has 3 fully saturated rings. The molecule has 0 radical (unpaired) electrons. The Balaban J connectivity index is 1.22. The molecule has 6 nitrogen and oxygen atoms in total. The Bertz CT molecular complexity index is 840. The SMILES string of the molecule is CN1CCN(CC2COC3(CCCN(C(=O)c4cc5ccccc5[nH]4)C3)C2)CC1. The summed E-state index contributed by atoms with van der Waals surface area (Å²) in [6, 6.07) is 10.0. The minimum absolute atomic E-state index is 0.103. The van der Waals surface area contributed by atoms with Crippen LogP contribution in [0.4, 0.5) is 0 Å². The molecule has 6 heteroatoms. The average molecular weight is 397 g/mol. The molecule has 0 bridgehead atoms. The lowest BCUT2D eigenvalue weighted by Gasteiger charge is -2.40. The molecule has 3 aliphatic heterocycles. The Morgan fingerprint density at radius 1 is 1.21 bits per heavy atom.